The molecule has 12 aliphatic rings. The number of nitrogens with one attached hydrogen (secondary N) is 1. The molecule has 6 heteroatoms. The van der Waals surface area contributed by atoms with E-state index in [2.05, 4.69) is 79.5 Å². The van der Waals surface area contributed by atoms with Crippen molar-refractivity contribution < 1.29 is 19.0 Å². The summed E-state index contributed by atoms with van der Waals surface area (Å²) < 4.78 is 20.1. The lowest BCUT2D eigenvalue weighted by Crippen LogP contribution is -2.54. The molecule has 13 rings (SSSR count). The first-order valence-corrected chi connectivity index (χ1v) is 30.9. The van der Waals surface area contributed by atoms with Crippen LogP contribution in [0.3, 0.4) is 0 Å². The summed E-state index contributed by atoms with van der Waals surface area (Å²) in [5, 5.41) is 3.88. The fraction of sp³-hybridized carbons (Fsp3) is 0.833. The van der Waals surface area contributed by atoms with Gasteiger partial charge in [0.1, 0.15) is 6.61 Å². The molecule has 398 valence electrons. The summed E-state index contributed by atoms with van der Waals surface area (Å²) >= 11 is 0. The number of nitrogens with zero attached hydrogens (tertiary/aromatic N) is 1. The molecule has 0 aromatic heterocycles. The zero-order chi connectivity index (χ0) is 50.1. The Morgan fingerprint density at radius 3 is 1.76 bits per heavy atom. The van der Waals surface area contributed by atoms with E-state index in [9.17, 15) is 4.79 Å². The van der Waals surface area contributed by atoms with Crippen LogP contribution >= 0.6 is 0 Å². The van der Waals surface area contributed by atoms with Crippen LogP contribution in [0.4, 0.5) is 4.79 Å². The third kappa shape index (κ3) is 8.41. The van der Waals surface area contributed by atoms with Gasteiger partial charge in [0, 0.05) is 24.4 Å². The van der Waals surface area contributed by atoms with Crippen molar-refractivity contribution in [2.75, 3.05) is 13.1 Å². The highest BCUT2D eigenvalue weighted by molar-refractivity contribution is 5.68. The Labute approximate surface area is 438 Å². The number of piperidine rings is 2. The highest BCUT2D eigenvalue weighted by Crippen LogP contribution is 2.68. The number of carbonyl (C=O) groups excluding carboxylic acids is 1. The summed E-state index contributed by atoms with van der Waals surface area (Å²) in [6.07, 6.45) is 27.5. The smallest absolute Gasteiger partial charge is 0.410 e. The van der Waals surface area contributed by atoms with Gasteiger partial charge in [-0.1, -0.05) is 121 Å². The molecule has 2 spiro atoms. The van der Waals surface area contributed by atoms with Crippen molar-refractivity contribution in [1.82, 2.24) is 10.2 Å². The van der Waals surface area contributed by atoms with E-state index in [1.807, 2.05) is 41.5 Å². The number of hydrogen-bond donors (Lipinski definition) is 1. The predicted octanol–water partition coefficient (Wildman–Crippen LogP) is 15.5. The van der Waals surface area contributed by atoms with Crippen molar-refractivity contribution >= 4 is 6.09 Å². The molecule has 8 aliphatic carbocycles. The summed E-state index contributed by atoms with van der Waals surface area (Å²) in [5.41, 5.74) is 9.24. The average Bonchev–Trinajstić information content (AvgIpc) is 4.03. The second kappa shape index (κ2) is 19.1. The average molecular weight is 986 g/mol. The van der Waals surface area contributed by atoms with E-state index < -0.39 is 0 Å². The predicted molar refractivity (Wildman–Crippen MR) is 291 cm³/mol. The van der Waals surface area contributed by atoms with E-state index in [0.717, 1.165) is 96.5 Å². The number of ether oxygens (including phenoxy) is 3. The number of fused-ring (bicyclic) bond motifs is 12. The molecule has 0 bridgehead atoms. The van der Waals surface area contributed by atoms with Gasteiger partial charge in [-0.3, -0.25) is 0 Å². The Morgan fingerprint density at radius 1 is 0.639 bits per heavy atom. The fourth-order valence-corrected chi connectivity index (χ4v) is 21.3. The second-order valence-corrected chi connectivity index (χ2v) is 29.3. The van der Waals surface area contributed by atoms with Crippen LogP contribution in [0.1, 0.15) is 203 Å². The zero-order valence-electron chi connectivity index (χ0n) is 47.1. The lowest BCUT2D eigenvalue weighted by Gasteiger charge is -2.54. The van der Waals surface area contributed by atoms with E-state index in [4.69, 9.17) is 14.2 Å². The normalized spacial score (nSPS) is 50.3. The molecule has 1 amide bonds. The van der Waals surface area contributed by atoms with Crippen molar-refractivity contribution in [2.24, 2.45) is 93.7 Å². The maximum atomic E-state index is 13.5. The lowest BCUT2D eigenvalue weighted by atomic mass is 9.51. The lowest BCUT2D eigenvalue weighted by molar-refractivity contribution is -0.0806. The van der Waals surface area contributed by atoms with Crippen molar-refractivity contribution in [3.05, 3.63) is 58.2 Å². The molecule has 10 fully saturated rings. The molecule has 6 saturated carbocycles. The summed E-state index contributed by atoms with van der Waals surface area (Å²) in [7, 11) is 0. The van der Waals surface area contributed by atoms with Crippen molar-refractivity contribution in [3.63, 3.8) is 0 Å². The quantitative estimate of drug-likeness (QED) is 0.299. The number of allylic oxidation sites excluding steroid dienone is 2. The van der Waals surface area contributed by atoms with Crippen LogP contribution < -0.4 is 5.32 Å². The summed E-state index contributed by atoms with van der Waals surface area (Å²) in [4.78, 5) is 15.6. The number of likely N-dealkylation sites (tertiary alicyclic amines) is 1. The Morgan fingerprint density at radius 2 is 1.18 bits per heavy atom. The zero-order valence-corrected chi connectivity index (χ0v) is 47.1. The fourth-order valence-electron chi connectivity index (χ4n) is 21.3. The molecular weight excluding hydrogens is 885 g/mol. The molecule has 0 unspecified atom stereocenters. The molecule has 1 aromatic carbocycles. The monoisotopic (exact) mass is 985 g/mol. The third-order valence-corrected chi connectivity index (χ3v) is 25.3. The van der Waals surface area contributed by atoms with Gasteiger partial charge in [-0.25, -0.2) is 4.79 Å². The Kier molecular flexibility index (Phi) is 13.4. The maximum absolute atomic E-state index is 13.5. The van der Waals surface area contributed by atoms with E-state index in [1.54, 1.807) is 11.1 Å². The summed E-state index contributed by atoms with van der Waals surface area (Å²) in [6, 6.07) is 10.7. The summed E-state index contributed by atoms with van der Waals surface area (Å²) in [6.45, 7) is 27.2. The Balaban J connectivity index is 0.000000153. The minimum absolute atomic E-state index is 0.102. The van der Waals surface area contributed by atoms with E-state index in [0.29, 0.717) is 47.3 Å². The van der Waals surface area contributed by atoms with Crippen molar-refractivity contribution in [1.29, 1.82) is 0 Å². The van der Waals surface area contributed by atoms with Crippen LogP contribution in [0.5, 0.6) is 0 Å². The van der Waals surface area contributed by atoms with Gasteiger partial charge in [0.05, 0.1) is 29.5 Å². The molecule has 1 N–H and O–H groups in total. The van der Waals surface area contributed by atoms with Gasteiger partial charge in [-0.15, -0.1) is 0 Å². The topological polar surface area (TPSA) is 60.0 Å². The number of rotatable bonds is 2. The van der Waals surface area contributed by atoms with Gasteiger partial charge in [0.25, 0.3) is 0 Å². The Bertz CT molecular complexity index is 2240. The minimum atomic E-state index is -0.168. The van der Waals surface area contributed by atoms with E-state index in [1.165, 1.54) is 116 Å². The van der Waals surface area contributed by atoms with E-state index >= 15 is 0 Å². The molecule has 72 heavy (non-hydrogen) atoms. The van der Waals surface area contributed by atoms with Crippen LogP contribution in [0, 0.1) is 93.7 Å². The highest BCUT2D eigenvalue weighted by atomic mass is 16.6. The molecule has 0 radical (unpaired) electrons. The van der Waals surface area contributed by atoms with Crippen LogP contribution in [-0.4, -0.2) is 59.6 Å². The van der Waals surface area contributed by atoms with Crippen molar-refractivity contribution in [3.8, 4) is 0 Å². The van der Waals surface area contributed by atoms with Gasteiger partial charge in [0.2, 0.25) is 0 Å². The number of benzene rings is 1. The largest absolute Gasteiger partial charge is 0.445 e. The molecule has 4 heterocycles. The first-order chi connectivity index (χ1) is 34.5. The standard InChI is InChI=1S/C37H53NO3.C29H47NO/c1-23-13-15-36(5)28(17-23)11-12-30-29-14-16-37(20-25(3)31(29)19-32(30)36)26(4)34-33(41-37)18-24(2)21-38(34)35(39)40-22-27-9-7-6-8-10-27;1-17-8-10-28(5)21(12-17)6-7-23-22-9-11-29(15-19(3)24(22)14-25(23)28)20(4)27-26(31-29)13-18(2)16-30-27/h6-10,23-24,26,28-30,32-34H,11-22H2,1-5H3;17-18,20-23,25-27,30H,6-16H2,1-5H3/t23-,24+,26-,28-,29+,30+,32+,33-,34+,36+,37+;17-,18+,20-,21-,22+,23+,25+,26-,27+,28+,29+/m11/s1. The first kappa shape index (κ1) is 50.7. The summed E-state index contributed by atoms with van der Waals surface area (Å²) in [5.74, 6) is 11.2. The van der Waals surface area contributed by atoms with Gasteiger partial charge >= 0.3 is 6.09 Å². The first-order valence-electron chi connectivity index (χ1n) is 30.9. The third-order valence-electron chi connectivity index (χ3n) is 25.3. The van der Waals surface area contributed by atoms with E-state index in [-0.39, 0.29) is 29.4 Å². The number of carbonyl (C=O) groups is 1. The van der Waals surface area contributed by atoms with Gasteiger partial charge in [0.15, 0.2) is 0 Å². The molecule has 22 atom stereocenters. The SMILES string of the molecule is CC1=C2C[C@H]3[C@@H](CC[C@@H]4C[C@H](C)CC[C@@]43C)[C@@H]2CC[C@@]2(C1)O[C@@H]1C[C@H](C)CN(C(=O)OCc3ccccc3)[C@H]1[C@H]2C.CC1=C2C[C@H]3[C@@H](CC[C@@H]4C[C@H](C)CC[C@@]43C)[C@@H]2CC[C@@]2(C1)O[C@@H]1C[C@H](C)CN[C@H]1[C@H]2C. The Hall–Kier alpha value is -2.15. The van der Waals surface area contributed by atoms with Crippen molar-refractivity contribution in [2.45, 2.75) is 240 Å². The van der Waals surface area contributed by atoms with Crippen LogP contribution in [0.15, 0.2) is 52.6 Å². The van der Waals surface area contributed by atoms with Gasteiger partial charge in [-0.2, -0.15) is 0 Å². The number of amides is 1. The second-order valence-electron chi connectivity index (χ2n) is 29.3. The number of hydrogen-bond acceptors (Lipinski definition) is 5. The molecule has 6 nitrogen and oxygen atoms in total. The molecule has 1 aromatic rings. The minimum Gasteiger partial charge on any atom is -0.445 e. The van der Waals surface area contributed by atoms with Gasteiger partial charge in [-0.05, 0) is 223 Å². The van der Waals surface area contributed by atoms with Crippen LogP contribution in [0.2, 0.25) is 0 Å². The maximum Gasteiger partial charge on any atom is 0.410 e. The highest BCUT2D eigenvalue weighted by Gasteiger charge is 2.62. The molecule has 4 aliphatic heterocycles. The van der Waals surface area contributed by atoms with Gasteiger partial charge < -0.3 is 24.4 Å². The molecule has 4 saturated heterocycles. The van der Waals surface area contributed by atoms with Crippen LogP contribution in [0.25, 0.3) is 0 Å². The molecular formula is C66H100N2O4. The van der Waals surface area contributed by atoms with Crippen LogP contribution in [-0.2, 0) is 20.8 Å².